The summed E-state index contributed by atoms with van der Waals surface area (Å²) in [6, 6.07) is 9.63. The molecule has 0 aliphatic heterocycles. The number of aromatic nitrogens is 2. The highest BCUT2D eigenvalue weighted by molar-refractivity contribution is 7.99. The smallest absolute Gasteiger partial charge is 0.325 e. The molecule has 0 unspecified atom stereocenters. The number of pyridine rings is 1. The Balaban J connectivity index is 2.02. The third-order valence-electron chi connectivity index (χ3n) is 3.69. The lowest BCUT2D eigenvalue weighted by Gasteiger charge is -2.08. The van der Waals surface area contributed by atoms with Gasteiger partial charge in [-0.15, -0.1) is 0 Å². The molecule has 0 saturated carbocycles. The summed E-state index contributed by atoms with van der Waals surface area (Å²) in [5.74, 6) is -0.239. The van der Waals surface area contributed by atoms with Gasteiger partial charge in [0.2, 0.25) is 0 Å². The highest BCUT2D eigenvalue weighted by Gasteiger charge is 2.17. The second-order valence-electron chi connectivity index (χ2n) is 5.25. The van der Waals surface area contributed by atoms with Crippen molar-refractivity contribution >= 4 is 40.2 Å². The van der Waals surface area contributed by atoms with E-state index in [1.54, 1.807) is 18.0 Å². The minimum Gasteiger partial charge on any atom is -0.465 e. The lowest BCUT2D eigenvalue weighted by Crippen LogP contribution is -2.14. The number of fused-ring (bicyclic) bond motifs is 1. The molecular weight excluding hydrogens is 344 g/mol. The maximum absolute atomic E-state index is 11.9. The van der Waals surface area contributed by atoms with Crippen LogP contribution in [0, 0.1) is 6.92 Å². The molecule has 0 radical (unpaired) electrons. The van der Waals surface area contributed by atoms with Crippen molar-refractivity contribution in [1.29, 1.82) is 0 Å². The molecule has 0 bridgehead atoms. The Hall–Kier alpha value is -1.98. The van der Waals surface area contributed by atoms with Crippen LogP contribution in [0.25, 0.3) is 10.9 Å². The van der Waals surface area contributed by atoms with Gasteiger partial charge >= 0.3 is 5.97 Å². The van der Waals surface area contributed by atoms with Gasteiger partial charge in [0.1, 0.15) is 6.54 Å². The summed E-state index contributed by atoms with van der Waals surface area (Å²) in [6.45, 7) is 4.40. The highest BCUT2D eigenvalue weighted by atomic mass is 35.5. The maximum atomic E-state index is 11.9. The predicted octanol–water partition coefficient (Wildman–Crippen LogP) is 4.71. The zero-order valence-corrected chi connectivity index (χ0v) is 15.0. The molecule has 4 nitrogen and oxygen atoms in total. The Morgan fingerprint density at radius 3 is 2.75 bits per heavy atom. The van der Waals surface area contributed by atoms with E-state index in [0.717, 1.165) is 26.4 Å². The van der Waals surface area contributed by atoms with E-state index >= 15 is 0 Å². The fraction of sp³-hybridized carbons (Fsp3) is 0.222. The van der Waals surface area contributed by atoms with E-state index in [9.17, 15) is 4.79 Å². The van der Waals surface area contributed by atoms with E-state index in [0.29, 0.717) is 11.6 Å². The first-order chi connectivity index (χ1) is 11.6. The molecule has 3 aromatic rings. The number of carbonyl (C=O) groups excluding carboxylic acids is 1. The number of hydrogen-bond donors (Lipinski definition) is 0. The first-order valence-electron chi connectivity index (χ1n) is 7.62. The lowest BCUT2D eigenvalue weighted by molar-refractivity contribution is -0.143. The summed E-state index contributed by atoms with van der Waals surface area (Å²) >= 11 is 7.60. The quantitative estimate of drug-likeness (QED) is 0.618. The van der Waals surface area contributed by atoms with Gasteiger partial charge < -0.3 is 9.30 Å². The number of carbonyl (C=O) groups is 1. The van der Waals surface area contributed by atoms with Crippen LogP contribution in [0.4, 0.5) is 0 Å². The molecular formula is C18H17ClN2O2S. The fourth-order valence-electron chi connectivity index (χ4n) is 2.58. The summed E-state index contributed by atoms with van der Waals surface area (Å²) in [5, 5.41) is 1.74. The predicted molar refractivity (Wildman–Crippen MR) is 96.7 cm³/mol. The van der Waals surface area contributed by atoms with E-state index in [2.05, 4.69) is 4.98 Å². The minimum absolute atomic E-state index is 0.196. The Labute approximate surface area is 149 Å². The van der Waals surface area contributed by atoms with Gasteiger partial charge in [0.25, 0.3) is 0 Å². The van der Waals surface area contributed by atoms with Crippen molar-refractivity contribution in [2.45, 2.75) is 30.2 Å². The Kier molecular flexibility index (Phi) is 5.11. The molecule has 0 fully saturated rings. The van der Waals surface area contributed by atoms with E-state index in [1.807, 2.05) is 54.9 Å². The second-order valence-corrected chi connectivity index (χ2v) is 6.77. The first kappa shape index (κ1) is 16.9. The van der Waals surface area contributed by atoms with Crippen LogP contribution < -0.4 is 0 Å². The van der Waals surface area contributed by atoms with Gasteiger partial charge in [-0.05, 0) is 44.2 Å². The van der Waals surface area contributed by atoms with Gasteiger partial charge in [0.05, 0.1) is 12.1 Å². The van der Waals surface area contributed by atoms with Gasteiger partial charge in [-0.1, -0.05) is 23.4 Å². The standard InChI is InChI=1S/C18H17ClN2O2S/c1-3-23-17(22)11-21-12(2)18(15-10-20-9-8-16(15)21)24-14-6-4-13(19)5-7-14/h4-10H,3,11H2,1-2H3. The van der Waals surface area contributed by atoms with Gasteiger partial charge in [-0.25, -0.2) is 0 Å². The van der Waals surface area contributed by atoms with Crippen molar-refractivity contribution in [3.63, 3.8) is 0 Å². The molecule has 1 aromatic carbocycles. The average molecular weight is 361 g/mol. The second kappa shape index (κ2) is 7.28. The summed E-state index contributed by atoms with van der Waals surface area (Å²) in [6.07, 6.45) is 3.57. The van der Waals surface area contributed by atoms with Crippen LogP contribution in [-0.4, -0.2) is 22.1 Å². The molecule has 0 spiro atoms. The topological polar surface area (TPSA) is 44.1 Å². The van der Waals surface area contributed by atoms with Crippen LogP contribution in [0.3, 0.4) is 0 Å². The minimum atomic E-state index is -0.239. The van der Waals surface area contributed by atoms with E-state index in [1.165, 1.54) is 0 Å². The number of esters is 1. The number of rotatable bonds is 5. The number of benzene rings is 1. The van der Waals surface area contributed by atoms with Crippen molar-refractivity contribution in [2.24, 2.45) is 0 Å². The Morgan fingerprint density at radius 2 is 2.04 bits per heavy atom. The number of nitrogens with zero attached hydrogens (tertiary/aromatic N) is 2. The number of hydrogen-bond acceptors (Lipinski definition) is 4. The van der Waals surface area contributed by atoms with Crippen molar-refractivity contribution in [1.82, 2.24) is 9.55 Å². The maximum Gasteiger partial charge on any atom is 0.325 e. The van der Waals surface area contributed by atoms with E-state index in [4.69, 9.17) is 16.3 Å². The van der Waals surface area contributed by atoms with Crippen LogP contribution in [0.15, 0.2) is 52.5 Å². The molecule has 0 aliphatic carbocycles. The normalized spacial score (nSPS) is 11.0. The fourth-order valence-corrected chi connectivity index (χ4v) is 3.74. The zero-order valence-electron chi connectivity index (χ0n) is 13.5. The molecule has 0 amide bonds. The Morgan fingerprint density at radius 1 is 1.29 bits per heavy atom. The molecule has 0 saturated heterocycles. The number of ether oxygens (including phenoxy) is 1. The molecule has 3 rings (SSSR count). The molecule has 0 aliphatic rings. The number of halogens is 1. The third kappa shape index (κ3) is 3.42. The van der Waals surface area contributed by atoms with Gasteiger partial charge in [-0.2, -0.15) is 0 Å². The van der Waals surface area contributed by atoms with Crippen LogP contribution in [0.1, 0.15) is 12.6 Å². The average Bonchev–Trinajstić information content (AvgIpc) is 2.83. The molecule has 2 aromatic heterocycles. The molecule has 0 atom stereocenters. The first-order valence-corrected chi connectivity index (χ1v) is 8.81. The van der Waals surface area contributed by atoms with Crippen LogP contribution in [-0.2, 0) is 16.1 Å². The monoisotopic (exact) mass is 360 g/mol. The molecule has 2 heterocycles. The van der Waals surface area contributed by atoms with Crippen molar-refractivity contribution in [3.8, 4) is 0 Å². The SMILES string of the molecule is CCOC(=O)Cn1c(C)c(Sc2ccc(Cl)cc2)c2cnccc21. The molecule has 124 valence electrons. The lowest BCUT2D eigenvalue weighted by atomic mass is 10.3. The Bertz CT molecular complexity index is 875. The highest BCUT2D eigenvalue weighted by Crippen LogP contribution is 2.38. The third-order valence-corrected chi connectivity index (χ3v) is 5.17. The van der Waals surface area contributed by atoms with Crippen LogP contribution in [0.2, 0.25) is 5.02 Å². The van der Waals surface area contributed by atoms with E-state index in [-0.39, 0.29) is 12.5 Å². The van der Waals surface area contributed by atoms with Gasteiger partial charge in [0.15, 0.2) is 0 Å². The zero-order chi connectivity index (χ0) is 17.1. The van der Waals surface area contributed by atoms with E-state index < -0.39 is 0 Å². The largest absolute Gasteiger partial charge is 0.465 e. The summed E-state index contributed by atoms with van der Waals surface area (Å²) in [4.78, 5) is 18.3. The van der Waals surface area contributed by atoms with Gasteiger partial charge in [0, 0.05) is 38.3 Å². The van der Waals surface area contributed by atoms with Crippen LogP contribution in [0.5, 0.6) is 0 Å². The van der Waals surface area contributed by atoms with Crippen LogP contribution >= 0.6 is 23.4 Å². The summed E-state index contributed by atoms with van der Waals surface area (Å²) in [7, 11) is 0. The van der Waals surface area contributed by atoms with Crippen molar-refractivity contribution in [2.75, 3.05) is 6.61 Å². The van der Waals surface area contributed by atoms with Gasteiger partial charge in [-0.3, -0.25) is 9.78 Å². The molecule has 0 N–H and O–H groups in total. The summed E-state index contributed by atoms with van der Waals surface area (Å²) < 4.78 is 7.07. The summed E-state index contributed by atoms with van der Waals surface area (Å²) in [5.41, 5.74) is 2.00. The van der Waals surface area contributed by atoms with Crippen molar-refractivity contribution < 1.29 is 9.53 Å². The molecule has 24 heavy (non-hydrogen) atoms. The van der Waals surface area contributed by atoms with Crippen molar-refractivity contribution in [3.05, 3.63) is 53.4 Å². The molecule has 6 heteroatoms.